The minimum atomic E-state index is -0.432. The summed E-state index contributed by atoms with van der Waals surface area (Å²) in [6.45, 7) is 12.8. The minimum absolute atomic E-state index is 0.00119. The van der Waals surface area contributed by atoms with Crippen LogP contribution in [0.4, 0.5) is 5.69 Å². The van der Waals surface area contributed by atoms with Crippen molar-refractivity contribution in [3.8, 4) is 5.75 Å². The van der Waals surface area contributed by atoms with Gasteiger partial charge in [-0.15, -0.1) is 0 Å². The molecule has 0 atom stereocenters. The monoisotopic (exact) mass is 278 g/mol. The predicted molar refractivity (Wildman–Crippen MR) is 80.2 cm³/mol. The SMILES string of the molecule is C=C(CNC(C)(C)C)COc1ccc(C)cc1[N+](=O)[O-]. The maximum Gasteiger partial charge on any atom is 0.311 e. The number of hydrogen-bond donors (Lipinski definition) is 1. The number of nitro groups is 1. The standard InChI is InChI=1S/C15H22N2O3/c1-11-6-7-14(13(8-11)17(18)19)20-10-12(2)9-16-15(3,4)5/h6-8,16H,2,9-10H2,1,3-5H3. The van der Waals surface area contributed by atoms with Crippen LogP contribution in [0.25, 0.3) is 0 Å². The van der Waals surface area contributed by atoms with Crippen LogP contribution in [0.15, 0.2) is 30.4 Å². The van der Waals surface area contributed by atoms with Gasteiger partial charge in [-0.05, 0) is 44.9 Å². The zero-order valence-electron chi connectivity index (χ0n) is 12.5. The first-order chi connectivity index (χ1) is 9.19. The van der Waals surface area contributed by atoms with Gasteiger partial charge in [0, 0.05) is 18.2 Å². The Hall–Kier alpha value is -1.88. The van der Waals surface area contributed by atoms with E-state index in [0.29, 0.717) is 6.54 Å². The molecule has 0 amide bonds. The summed E-state index contributed by atoms with van der Waals surface area (Å²) in [4.78, 5) is 10.5. The molecule has 0 aliphatic rings. The van der Waals surface area contributed by atoms with Crippen LogP contribution in [0.1, 0.15) is 26.3 Å². The maximum absolute atomic E-state index is 11.0. The van der Waals surface area contributed by atoms with Gasteiger partial charge in [-0.25, -0.2) is 0 Å². The summed E-state index contributed by atoms with van der Waals surface area (Å²) in [6, 6.07) is 4.92. The Kier molecular flexibility index (Phi) is 5.27. The molecule has 0 unspecified atom stereocenters. The lowest BCUT2D eigenvalue weighted by atomic mass is 10.1. The molecule has 0 fully saturated rings. The summed E-state index contributed by atoms with van der Waals surface area (Å²) in [7, 11) is 0. The number of nitrogens with one attached hydrogen (secondary N) is 1. The average Bonchev–Trinajstić information content (AvgIpc) is 2.33. The van der Waals surface area contributed by atoms with E-state index in [0.717, 1.165) is 11.1 Å². The average molecular weight is 278 g/mol. The first-order valence-corrected chi connectivity index (χ1v) is 6.48. The lowest BCUT2D eigenvalue weighted by molar-refractivity contribution is -0.385. The van der Waals surface area contributed by atoms with Crippen molar-refractivity contribution in [3.05, 3.63) is 46.0 Å². The third-order valence-electron chi connectivity index (χ3n) is 2.61. The van der Waals surface area contributed by atoms with E-state index in [-0.39, 0.29) is 23.6 Å². The number of benzene rings is 1. The topological polar surface area (TPSA) is 64.4 Å². The molecule has 0 aliphatic carbocycles. The fourth-order valence-corrected chi connectivity index (χ4v) is 1.51. The fraction of sp³-hybridized carbons (Fsp3) is 0.467. The Bertz CT molecular complexity index is 504. The van der Waals surface area contributed by atoms with Crippen molar-refractivity contribution in [2.45, 2.75) is 33.2 Å². The second kappa shape index (κ2) is 6.52. The van der Waals surface area contributed by atoms with Crippen LogP contribution in [0.2, 0.25) is 0 Å². The van der Waals surface area contributed by atoms with Crippen LogP contribution < -0.4 is 10.1 Å². The van der Waals surface area contributed by atoms with E-state index >= 15 is 0 Å². The van der Waals surface area contributed by atoms with Gasteiger partial charge < -0.3 is 10.1 Å². The number of nitrogens with zero attached hydrogens (tertiary/aromatic N) is 1. The Morgan fingerprint density at radius 1 is 1.45 bits per heavy atom. The normalized spacial score (nSPS) is 11.2. The van der Waals surface area contributed by atoms with Crippen molar-refractivity contribution in [2.24, 2.45) is 0 Å². The van der Waals surface area contributed by atoms with Crippen LogP contribution >= 0.6 is 0 Å². The van der Waals surface area contributed by atoms with Crippen LogP contribution in [0.5, 0.6) is 5.75 Å². The molecule has 1 N–H and O–H groups in total. The van der Waals surface area contributed by atoms with Crippen molar-refractivity contribution in [1.82, 2.24) is 5.32 Å². The largest absolute Gasteiger partial charge is 0.482 e. The highest BCUT2D eigenvalue weighted by Gasteiger charge is 2.15. The van der Waals surface area contributed by atoms with Crippen molar-refractivity contribution < 1.29 is 9.66 Å². The van der Waals surface area contributed by atoms with Gasteiger partial charge in [0.2, 0.25) is 0 Å². The first kappa shape index (κ1) is 16.2. The minimum Gasteiger partial charge on any atom is -0.482 e. The summed E-state index contributed by atoms with van der Waals surface area (Å²) in [5.41, 5.74) is 1.66. The molecular formula is C15H22N2O3. The van der Waals surface area contributed by atoms with E-state index in [1.165, 1.54) is 6.07 Å². The van der Waals surface area contributed by atoms with Crippen molar-refractivity contribution in [1.29, 1.82) is 0 Å². The van der Waals surface area contributed by atoms with Gasteiger partial charge in [-0.3, -0.25) is 10.1 Å². The highest BCUT2D eigenvalue weighted by Crippen LogP contribution is 2.27. The van der Waals surface area contributed by atoms with Gasteiger partial charge in [0.1, 0.15) is 6.61 Å². The van der Waals surface area contributed by atoms with Gasteiger partial charge in [-0.2, -0.15) is 0 Å². The molecule has 1 aromatic rings. The zero-order valence-corrected chi connectivity index (χ0v) is 12.5. The molecule has 110 valence electrons. The first-order valence-electron chi connectivity index (χ1n) is 6.48. The van der Waals surface area contributed by atoms with E-state index in [1.54, 1.807) is 12.1 Å². The molecule has 0 saturated heterocycles. The second-order valence-electron chi connectivity index (χ2n) is 5.87. The third-order valence-corrected chi connectivity index (χ3v) is 2.61. The summed E-state index contributed by atoms with van der Waals surface area (Å²) in [6.07, 6.45) is 0. The molecule has 0 heterocycles. The number of aryl methyl sites for hydroxylation is 1. The van der Waals surface area contributed by atoms with E-state index in [4.69, 9.17) is 4.74 Å². The zero-order chi connectivity index (χ0) is 15.3. The smallest absolute Gasteiger partial charge is 0.311 e. The Labute approximate surface area is 119 Å². The predicted octanol–water partition coefficient (Wildman–Crippen LogP) is 3.23. The molecule has 0 aromatic heterocycles. The van der Waals surface area contributed by atoms with Crippen molar-refractivity contribution in [3.63, 3.8) is 0 Å². The molecule has 0 bridgehead atoms. The molecule has 1 rings (SSSR count). The Morgan fingerprint density at radius 3 is 2.65 bits per heavy atom. The van der Waals surface area contributed by atoms with Crippen molar-refractivity contribution in [2.75, 3.05) is 13.2 Å². The second-order valence-corrected chi connectivity index (χ2v) is 5.87. The molecule has 0 saturated carbocycles. The summed E-state index contributed by atoms with van der Waals surface area (Å²) < 4.78 is 5.50. The number of rotatable bonds is 6. The van der Waals surface area contributed by atoms with E-state index in [1.807, 2.05) is 6.92 Å². The van der Waals surface area contributed by atoms with Gasteiger partial charge in [-0.1, -0.05) is 12.6 Å². The maximum atomic E-state index is 11.0. The van der Waals surface area contributed by atoms with E-state index in [9.17, 15) is 10.1 Å². The van der Waals surface area contributed by atoms with Crippen LogP contribution in [-0.2, 0) is 0 Å². The Morgan fingerprint density at radius 2 is 2.10 bits per heavy atom. The molecule has 0 spiro atoms. The van der Waals surface area contributed by atoms with Gasteiger partial charge >= 0.3 is 5.69 Å². The lowest BCUT2D eigenvalue weighted by Gasteiger charge is -2.21. The van der Waals surface area contributed by atoms with Crippen LogP contribution in [0.3, 0.4) is 0 Å². The van der Waals surface area contributed by atoms with E-state index < -0.39 is 4.92 Å². The quantitative estimate of drug-likeness (QED) is 0.493. The van der Waals surface area contributed by atoms with Crippen molar-refractivity contribution >= 4 is 5.69 Å². The molecule has 0 aliphatic heterocycles. The number of hydrogen-bond acceptors (Lipinski definition) is 4. The highest BCUT2D eigenvalue weighted by atomic mass is 16.6. The van der Waals surface area contributed by atoms with Gasteiger partial charge in [0.25, 0.3) is 0 Å². The third kappa shape index (κ3) is 5.40. The summed E-state index contributed by atoms with van der Waals surface area (Å²) >= 11 is 0. The molecule has 0 radical (unpaired) electrons. The number of ether oxygens (including phenoxy) is 1. The summed E-state index contributed by atoms with van der Waals surface area (Å²) in [5, 5.41) is 14.3. The van der Waals surface area contributed by atoms with Gasteiger partial charge in [0.05, 0.1) is 4.92 Å². The fourth-order valence-electron chi connectivity index (χ4n) is 1.51. The van der Waals surface area contributed by atoms with Crippen LogP contribution in [-0.4, -0.2) is 23.6 Å². The molecule has 20 heavy (non-hydrogen) atoms. The highest BCUT2D eigenvalue weighted by molar-refractivity contribution is 5.48. The molecule has 5 heteroatoms. The molecule has 1 aromatic carbocycles. The van der Waals surface area contributed by atoms with Gasteiger partial charge in [0.15, 0.2) is 5.75 Å². The molecular weight excluding hydrogens is 256 g/mol. The van der Waals surface area contributed by atoms with Crippen LogP contribution in [0, 0.1) is 17.0 Å². The summed E-state index contributed by atoms with van der Waals surface area (Å²) in [5.74, 6) is 0.275. The molecule has 5 nitrogen and oxygen atoms in total. The van der Waals surface area contributed by atoms with E-state index in [2.05, 4.69) is 32.7 Å². The number of nitro benzene ring substituents is 1. The Balaban J connectivity index is 2.62. The lowest BCUT2D eigenvalue weighted by Crippen LogP contribution is -2.37.